The molecule has 1 aliphatic rings. The third-order valence-electron chi connectivity index (χ3n) is 4.41. The van der Waals surface area contributed by atoms with Crippen LogP contribution in [0.5, 0.6) is 0 Å². The van der Waals surface area contributed by atoms with Gasteiger partial charge < -0.3 is 5.73 Å². The second kappa shape index (κ2) is 6.05. The Labute approximate surface area is 115 Å². The van der Waals surface area contributed by atoms with Gasteiger partial charge in [0.05, 0.1) is 0 Å². The van der Waals surface area contributed by atoms with Crippen LogP contribution in [0.1, 0.15) is 37.8 Å². The lowest BCUT2D eigenvalue weighted by Crippen LogP contribution is -2.39. The van der Waals surface area contributed by atoms with Gasteiger partial charge in [-0.15, -0.1) is 0 Å². The van der Waals surface area contributed by atoms with Gasteiger partial charge in [-0.3, -0.25) is 4.90 Å². The number of benzene rings is 1. The maximum Gasteiger partial charge on any atom is 0.0406 e. The Morgan fingerprint density at radius 1 is 1.33 bits per heavy atom. The van der Waals surface area contributed by atoms with E-state index in [-0.39, 0.29) is 0 Å². The van der Waals surface area contributed by atoms with Gasteiger partial charge in [0.25, 0.3) is 0 Å². The largest absolute Gasteiger partial charge is 0.330 e. The molecule has 0 radical (unpaired) electrons. The van der Waals surface area contributed by atoms with Crippen molar-refractivity contribution in [3.05, 3.63) is 34.9 Å². The molecule has 3 atom stereocenters. The van der Waals surface area contributed by atoms with E-state index in [1.807, 2.05) is 12.1 Å². The zero-order valence-corrected chi connectivity index (χ0v) is 12.0. The predicted octanol–water partition coefficient (Wildman–Crippen LogP) is 3.46. The summed E-state index contributed by atoms with van der Waals surface area (Å²) in [4.78, 5) is 2.48. The van der Waals surface area contributed by atoms with E-state index in [2.05, 4.69) is 31.0 Å². The van der Waals surface area contributed by atoms with Crippen molar-refractivity contribution in [3.8, 4) is 0 Å². The van der Waals surface area contributed by atoms with Crippen LogP contribution in [0.25, 0.3) is 0 Å². The van der Waals surface area contributed by atoms with Crippen molar-refractivity contribution in [2.24, 2.45) is 11.7 Å². The first kappa shape index (κ1) is 13.9. The normalized spacial score (nSPS) is 25.6. The Morgan fingerprint density at radius 2 is 2.00 bits per heavy atom. The molecule has 0 aliphatic heterocycles. The molecule has 100 valence electrons. The minimum Gasteiger partial charge on any atom is -0.330 e. The number of rotatable bonds is 4. The van der Waals surface area contributed by atoms with Gasteiger partial charge in [-0.1, -0.05) is 30.2 Å². The molecular weight excluding hydrogens is 244 g/mol. The van der Waals surface area contributed by atoms with Gasteiger partial charge in [0.1, 0.15) is 0 Å². The first-order chi connectivity index (χ1) is 8.63. The van der Waals surface area contributed by atoms with Crippen molar-refractivity contribution in [2.45, 2.75) is 38.3 Å². The third kappa shape index (κ3) is 2.87. The molecule has 0 spiro atoms. The van der Waals surface area contributed by atoms with E-state index in [0.717, 1.165) is 11.6 Å². The van der Waals surface area contributed by atoms with Gasteiger partial charge in [0, 0.05) is 17.1 Å². The Bertz CT molecular complexity index is 377. The SMILES string of the molecule is CC(c1ccc(Cl)cc1)N(C)C1CCCC1CN. The van der Waals surface area contributed by atoms with Crippen LogP contribution < -0.4 is 5.73 Å². The minimum absolute atomic E-state index is 0.416. The number of nitrogens with two attached hydrogens (primary N) is 1. The average Bonchev–Trinajstić information content (AvgIpc) is 2.86. The van der Waals surface area contributed by atoms with Crippen molar-refractivity contribution in [1.29, 1.82) is 0 Å². The molecule has 1 aromatic rings. The van der Waals surface area contributed by atoms with E-state index in [1.54, 1.807) is 0 Å². The van der Waals surface area contributed by atoms with Gasteiger partial charge in [-0.05, 0) is 57.0 Å². The fraction of sp³-hybridized carbons (Fsp3) is 0.600. The number of halogens is 1. The number of hydrogen-bond acceptors (Lipinski definition) is 2. The maximum absolute atomic E-state index is 5.94. The standard InChI is InChI=1S/C15H23ClN2/c1-11(12-6-8-14(16)9-7-12)18(2)15-5-3-4-13(15)10-17/h6-9,11,13,15H,3-5,10,17H2,1-2H3. The first-order valence-electron chi connectivity index (χ1n) is 6.81. The fourth-order valence-corrected chi connectivity index (χ4v) is 3.22. The topological polar surface area (TPSA) is 29.3 Å². The van der Waals surface area contributed by atoms with E-state index in [9.17, 15) is 0 Å². The molecule has 2 N–H and O–H groups in total. The van der Waals surface area contributed by atoms with Crippen molar-refractivity contribution in [1.82, 2.24) is 4.90 Å². The quantitative estimate of drug-likeness (QED) is 0.904. The Hall–Kier alpha value is -0.570. The highest BCUT2D eigenvalue weighted by Crippen LogP contribution is 2.33. The average molecular weight is 267 g/mol. The fourth-order valence-electron chi connectivity index (χ4n) is 3.09. The Kier molecular flexibility index (Phi) is 4.66. The molecular formula is C15H23ClN2. The third-order valence-corrected chi connectivity index (χ3v) is 4.66. The highest BCUT2D eigenvalue weighted by Gasteiger charge is 2.31. The van der Waals surface area contributed by atoms with Gasteiger partial charge in [0.2, 0.25) is 0 Å². The molecule has 0 saturated heterocycles. The summed E-state index contributed by atoms with van der Waals surface area (Å²) in [6, 6.07) is 9.22. The second-order valence-corrected chi connectivity index (χ2v) is 5.82. The van der Waals surface area contributed by atoms with E-state index in [4.69, 9.17) is 17.3 Å². The van der Waals surface area contributed by atoms with Crippen molar-refractivity contribution in [2.75, 3.05) is 13.6 Å². The lowest BCUT2D eigenvalue weighted by molar-refractivity contribution is 0.152. The predicted molar refractivity (Wildman–Crippen MR) is 77.8 cm³/mol. The summed E-state index contributed by atoms with van der Waals surface area (Å²) in [5.41, 5.74) is 7.20. The minimum atomic E-state index is 0.416. The highest BCUT2D eigenvalue weighted by molar-refractivity contribution is 6.30. The Morgan fingerprint density at radius 3 is 2.61 bits per heavy atom. The molecule has 0 amide bonds. The van der Waals surface area contributed by atoms with Crippen LogP contribution in [0.2, 0.25) is 5.02 Å². The summed E-state index contributed by atoms with van der Waals surface area (Å²) in [6.07, 6.45) is 3.86. The van der Waals surface area contributed by atoms with Crippen molar-refractivity contribution >= 4 is 11.6 Å². The van der Waals surface area contributed by atoms with Crippen LogP contribution in [-0.2, 0) is 0 Å². The summed E-state index contributed by atoms with van der Waals surface area (Å²) in [5, 5.41) is 0.800. The second-order valence-electron chi connectivity index (χ2n) is 5.39. The Balaban J connectivity index is 2.08. The summed E-state index contributed by atoms with van der Waals surface area (Å²) >= 11 is 5.94. The monoisotopic (exact) mass is 266 g/mol. The molecule has 0 heterocycles. The van der Waals surface area contributed by atoms with E-state index >= 15 is 0 Å². The van der Waals surface area contributed by atoms with Crippen LogP contribution in [0, 0.1) is 5.92 Å². The smallest absolute Gasteiger partial charge is 0.0406 e. The van der Waals surface area contributed by atoms with Crippen LogP contribution in [0.3, 0.4) is 0 Å². The molecule has 2 rings (SSSR count). The lowest BCUT2D eigenvalue weighted by atomic mass is 9.99. The molecule has 1 saturated carbocycles. The first-order valence-corrected chi connectivity index (χ1v) is 7.18. The van der Waals surface area contributed by atoms with Crippen LogP contribution in [0.15, 0.2) is 24.3 Å². The molecule has 1 aromatic carbocycles. The summed E-state index contributed by atoms with van der Waals surface area (Å²) in [6.45, 7) is 3.07. The van der Waals surface area contributed by atoms with E-state index in [1.165, 1.54) is 24.8 Å². The van der Waals surface area contributed by atoms with Crippen LogP contribution >= 0.6 is 11.6 Å². The molecule has 0 bridgehead atoms. The maximum atomic E-state index is 5.94. The van der Waals surface area contributed by atoms with Gasteiger partial charge >= 0.3 is 0 Å². The van der Waals surface area contributed by atoms with E-state index < -0.39 is 0 Å². The molecule has 0 aromatic heterocycles. The molecule has 1 aliphatic carbocycles. The number of hydrogen-bond donors (Lipinski definition) is 1. The zero-order valence-electron chi connectivity index (χ0n) is 11.3. The van der Waals surface area contributed by atoms with Crippen LogP contribution in [0.4, 0.5) is 0 Å². The van der Waals surface area contributed by atoms with Gasteiger partial charge in [0.15, 0.2) is 0 Å². The highest BCUT2D eigenvalue weighted by atomic mass is 35.5. The summed E-state index contributed by atoms with van der Waals surface area (Å²) in [7, 11) is 2.22. The summed E-state index contributed by atoms with van der Waals surface area (Å²) < 4.78 is 0. The summed E-state index contributed by atoms with van der Waals surface area (Å²) in [5.74, 6) is 0.657. The molecule has 2 nitrogen and oxygen atoms in total. The molecule has 3 heteroatoms. The van der Waals surface area contributed by atoms with Crippen molar-refractivity contribution < 1.29 is 0 Å². The van der Waals surface area contributed by atoms with E-state index in [0.29, 0.717) is 18.0 Å². The zero-order chi connectivity index (χ0) is 13.1. The molecule has 3 unspecified atom stereocenters. The molecule has 1 fully saturated rings. The lowest BCUT2D eigenvalue weighted by Gasteiger charge is -2.34. The van der Waals surface area contributed by atoms with Crippen molar-refractivity contribution in [3.63, 3.8) is 0 Å². The van der Waals surface area contributed by atoms with Crippen LogP contribution in [-0.4, -0.2) is 24.5 Å². The molecule has 18 heavy (non-hydrogen) atoms. The van der Waals surface area contributed by atoms with Gasteiger partial charge in [-0.25, -0.2) is 0 Å². The van der Waals surface area contributed by atoms with Gasteiger partial charge in [-0.2, -0.15) is 0 Å². The number of nitrogens with zero attached hydrogens (tertiary/aromatic N) is 1.